The first-order valence-electron chi connectivity index (χ1n) is 20.6. The molecule has 0 bridgehead atoms. The molecule has 51 heavy (non-hydrogen) atoms. The lowest BCUT2D eigenvalue weighted by Gasteiger charge is -2.33. The molecule has 0 aromatic heterocycles. The van der Waals surface area contributed by atoms with Crippen molar-refractivity contribution in [3.8, 4) is 0 Å². The number of esters is 1. The van der Waals surface area contributed by atoms with E-state index in [0.717, 1.165) is 56.8 Å². The van der Waals surface area contributed by atoms with Crippen LogP contribution in [0.15, 0.2) is 66.7 Å². The lowest BCUT2D eigenvalue weighted by atomic mass is 9.76. The molecule has 4 heteroatoms. The van der Waals surface area contributed by atoms with Gasteiger partial charge in [0.2, 0.25) is 0 Å². The maximum Gasteiger partial charge on any atom is 0.311 e. The first-order valence-corrected chi connectivity index (χ1v) is 20.6. The second kappa shape index (κ2) is 27.4. The molecule has 292 valence electrons. The van der Waals surface area contributed by atoms with E-state index in [1.54, 1.807) is 0 Å². The predicted molar refractivity (Wildman–Crippen MR) is 219 cm³/mol. The van der Waals surface area contributed by atoms with E-state index < -0.39 is 0 Å². The van der Waals surface area contributed by atoms with Crippen molar-refractivity contribution in [1.82, 2.24) is 0 Å². The van der Waals surface area contributed by atoms with Gasteiger partial charge < -0.3 is 14.2 Å². The van der Waals surface area contributed by atoms with Gasteiger partial charge in [0.1, 0.15) is 0 Å². The monoisotopic (exact) mass is 709 g/mol. The highest BCUT2D eigenvalue weighted by atomic mass is 16.5. The molecule has 2 aliphatic rings. The Balaban J connectivity index is 0.000000432. The molecule has 0 N–H and O–H groups in total. The summed E-state index contributed by atoms with van der Waals surface area (Å²) in [5.74, 6) is 2.50. The van der Waals surface area contributed by atoms with Crippen LogP contribution in [0.1, 0.15) is 157 Å². The van der Waals surface area contributed by atoms with Crippen molar-refractivity contribution in [2.45, 2.75) is 170 Å². The summed E-state index contributed by atoms with van der Waals surface area (Å²) < 4.78 is 17.1. The molecule has 0 saturated heterocycles. The minimum Gasteiger partial charge on any atom is -0.465 e. The number of methoxy groups -OCH3 is 2. The van der Waals surface area contributed by atoms with Gasteiger partial charge in [0, 0.05) is 14.2 Å². The van der Waals surface area contributed by atoms with Crippen molar-refractivity contribution < 1.29 is 19.0 Å². The fourth-order valence-corrected chi connectivity index (χ4v) is 7.07. The van der Waals surface area contributed by atoms with Gasteiger partial charge in [-0.15, -0.1) is 0 Å². The molecule has 2 aromatic carbocycles. The lowest BCUT2D eigenvalue weighted by Crippen LogP contribution is -2.29. The molecule has 4 unspecified atom stereocenters. The fourth-order valence-electron chi connectivity index (χ4n) is 7.07. The van der Waals surface area contributed by atoms with E-state index in [4.69, 9.17) is 14.2 Å². The first-order chi connectivity index (χ1) is 24.3. The summed E-state index contributed by atoms with van der Waals surface area (Å²) in [6, 6.07) is 22.3. The van der Waals surface area contributed by atoms with E-state index in [0.29, 0.717) is 24.7 Å². The molecule has 0 radical (unpaired) electrons. The molecular formula is C47H80O4. The zero-order valence-corrected chi connectivity index (χ0v) is 34.9. The van der Waals surface area contributed by atoms with Crippen LogP contribution in [0.4, 0.5) is 0 Å². The Bertz CT molecular complexity index is 1030. The highest BCUT2D eigenvalue weighted by molar-refractivity contribution is 5.75. The number of ether oxygens (including phenoxy) is 3. The van der Waals surface area contributed by atoms with Gasteiger partial charge in [-0.05, 0) is 88.9 Å². The van der Waals surface area contributed by atoms with Crippen LogP contribution in [-0.2, 0) is 19.0 Å². The summed E-state index contributed by atoms with van der Waals surface area (Å²) in [5, 5.41) is 0. The zero-order chi connectivity index (χ0) is 38.0. The van der Waals surface area contributed by atoms with Gasteiger partial charge in [0.05, 0.1) is 24.2 Å². The van der Waals surface area contributed by atoms with Gasteiger partial charge in [0.25, 0.3) is 0 Å². The number of hydrogen-bond acceptors (Lipinski definition) is 4. The van der Waals surface area contributed by atoms with Gasteiger partial charge >= 0.3 is 5.97 Å². The molecule has 4 nitrogen and oxygen atoms in total. The standard InChI is InChI=1S/C23H44O4.C11H22.C7H8.C6H6/c1-8-23(4,5)21(24)27-14-13-22(2,3)17-18-15-19(25-6)11-9-10-12-20(16-18)26-7;1-10-6-3-4-7-11(2)9-5-8-10;1-7-5-3-2-4-6-7;1-2-4-6-5-3-1/h18-20H,8-17H2,1-7H3;10-11H,3-9H2,1-2H3;2-6H,1H3;1-6H. The molecular weight excluding hydrogens is 629 g/mol. The third-order valence-electron chi connectivity index (χ3n) is 11.1. The predicted octanol–water partition coefficient (Wildman–Crippen LogP) is 13.5. The normalized spacial score (nSPS) is 23.2. The second-order valence-corrected chi connectivity index (χ2v) is 17.1. The molecule has 0 amide bonds. The lowest BCUT2D eigenvalue weighted by molar-refractivity contribution is -0.154. The topological polar surface area (TPSA) is 44.8 Å². The Kier molecular flexibility index (Phi) is 25.2. The average molecular weight is 709 g/mol. The fraction of sp³-hybridized carbons (Fsp3) is 0.723. The minimum absolute atomic E-state index is 0.0814. The molecule has 2 aromatic rings. The number of benzene rings is 2. The maximum atomic E-state index is 12.2. The molecule has 2 aliphatic carbocycles. The zero-order valence-electron chi connectivity index (χ0n) is 34.9. The third-order valence-corrected chi connectivity index (χ3v) is 11.1. The van der Waals surface area contributed by atoms with Crippen LogP contribution in [0.5, 0.6) is 0 Å². The van der Waals surface area contributed by atoms with Crippen molar-refractivity contribution in [2.24, 2.45) is 28.6 Å². The van der Waals surface area contributed by atoms with Crippen LogP contribution in [-0.4, -0.2) is 39.0 Å². The second-order valence-electron chi connectivity index (χ2n) is 17.1. The number of rotatable bonds is 9. The number of aryl methyl sites for hydroxylation is 1. The third kappa shape index (κ3) is 23.9. The summed E-state index contributed by atoms with van der Waals surface area (Å²) in [5.41, 5.74) is 1.06. The van der Waals surface area contributed by atoms with Crippen molar-refractivity contribution in [3.63, 3.8) is 0 Å². The summed E-state index contributed by atoms with van der Waals surface area (Å²) in [6.45, 7) is 17.9. The molecule has 4 rings (SSSR count). The minimum atomic E-state index is -0.390. The quantitative estimate of drug-likeness (QED) is 0.243. The number of hydrogen-bond donors (Lipinski definition) is 0. The molecule has 0 heterocycles. The Morgan fingerprint density at radius 2 is 1.08 bits per heavy atom. The van der Waals surface area contributed by atoms with Gasteiger partial charge in [-0.1, -0.05) is 165 Å². The molecule has 0 spiro atoms. The SMILES string of the molecule is CC1CCCCC(C)CCC1.CCC(C)(C)C(=O)OCCC(C)(C)CC1CC(OC)CCCCC(OC)C1.Cc1ccccc1.c1ccccc1. The maximum absolute atomic E-state index is 12.2. The molecule has 0 aliphatic heterocycles. The van der Waals surface area contributed by atoms with Crippen LogP contribution in [0.25, 0.3) is 0 Å². The van der Waals surface area contributed by atoms with Gasteiger partial charge in [-0.2, -0.15) is 0 Å². The van der Waals surface area contributed by atoms with E-state index >= 15 is 0 Å². The van der Waals surface area contributed by atoms with Crippen LogP contribution in [0.3, 0.4) is 0 Å². The summed E-state index contributed by atoms with van der Waals surface area (Å²) in [6.07, 6.45) is 20.8. The van der Waals surface area contributed by atoms with Crippen molar-refractivity contribution >= 4 is 5.97 Å². The molecule has 2 saturated carbocycles. The molecule has 2 fully saturated rings. The Hall–Kier alpha value is -2.17. The van der Waals surface area contributed by atoms with Gasteiger partial charge in [-0.3, -0.25) is 4.79 Å². The van der Waals surface area contributed by atoms with Crippen LogP contribution >= 0.6 is 0 Å². The van der Waals surface area contributed by atoms with Crippen LogP contribution in [0.2, 0.25) is 0 Å². The number of carbonyl (C=O) groups excluding carboxylic acids is 1. The summed E-state index contributed by atoms with van der Waals surface area (Å²) in [4.78, 5) is 12.2. The molecule has 4 atom stereocenters. The average Bonchev–Trinajstić information content (AvgIpc) is 3.28. The van der Waals surface area contributed by atoms with Crippen molar-refractivity contribution in [3.05, 3.63) is 72.3 Å². The largest absolute Gasteiger partial charge is 0.465 e. The van der Waals surface area contributed by atoms with Gasteiger partial charge in [0.15, 0.2) is 0 Å². The van der Waals surface area contributed by atoms with E-state index in [2.05, 4.69) is 46.8 Å². The smallest absolute Gasteiger partial charge is 0.311 e. The first kappa shape index (κ1) is 46.9. The Morgan fingerprint density at radius 1 is 0.667 bits per heavy atom. The van der Waals surface area contributed by atoms with Crippen LogP contribution in [0, 0.1) is 35.5 Å². The Labute approximate surface area is 316 Å². The summed E-state index contributed by atoms with van der Waals surface area (Å²) >= 11 is 0. The Morgan fingerprint density at radius 3 is 1.47 bits per heavy atom. The summed E-state index contributed by atoms with van der Waals surface area (Å²) in [7, 11) is 3.68. The van der Waals surface area contributed by atoms with Gasteiger partial charge in [-0.25, -0.2) is 0 Å². The van der Waals surface area contributed by atoms with E-state index in [9.17, 15) is 4.79 Å². The van der Waals surface area contributed by atoms with Crippen molar-refractivity contribution in [1.29, 1.82) is 0 Å². The van der Waals surface area contributed by atoms with Crippen molar-refractivity contribution in [2.75, 3.05) is 20.8 Å². The highest BCUT2D eigenvalue weighted by Crippen LogP contribution is 2.37. The van der Waals surface area contributed by atoms with Crippen LogP contribution < -0.4 is 0 Å². The van der Waals surface area contributed by atoms with E-state index in [1.807, 2.05) is 89.6 Å². The highest BCUT2D eigenvalue weighted by Gasteiger charge is 2.31. The van der Waals surface area contributed by atoms with E-state index in [-0.39, 0.29) is 16.8 Å². The number of carbonyl (C=O) groups is 1. The van der Waals surface area contributed by atoms with E-state index in [1.165, 1.54) is 63.4 Å².